The van der Waals surface area contributed by atoms with Crippen LogP contribution in [0.2, 0.25) is 5.02 Å². The summed E-state index contributed by atoms with van der Waals surface area (Å²) < 4.78 is 5.18. The molecule has 0 heterocycles. The number of hydrogen-bond acceptors (Lipinski definition) is 4. The molecular formula is C12H16ClN3O3. The number of nitrogens with zero attached hydrogens (tertiary/aromatic N) is 1. The van der Waals surface area contributed by atoms with E-state index in [4.69, 9.17) is 27.3 Å². The van der Waals surface area contributed by atoms with Gasteiger partial charge in [0.15, 0.2) is 5.84 Å². The maximum atomic E-state index is 11.7. The number of ether oxygens (including phenoxy) is 1. The Bertz CT molecular complexity index is 489. The van der Waals surface area contributed by atoms with Crippen LogP contribution < -0.4 is 11.1 Å². The third-order valence-electron chi connectivity index (χ3n) is 2.19. The predicted octanol–water partition coefficient (Wildman–Crippen LogP) is 1.80. The number of oxime groups is 1. The Kier molecular flexibility index (Phi) is 5.59. The second-order valence-corrected chi connectivity index (χ2v) is 4.52. The van der Waals surface area contributed by atoms with Crippen LogP contribution in [-0.2, 0) is 9.53 Å². The largest absolute Gasteiger partial charge is 0.409 e. The van der Waals surface area contributed by atoms with E-state index in [0.29, 0.717) is 16.3 Å². The molecule has 0 aromatic heterocycles. The molecule has 0 unspecified atom stereocenters. The van der Waals surface area contributed by atoms with Gasteiger partial charge < -0.3 is 21.0 Å². The van der Waals surface area contributed by atoms with Crippen LogP contribution in [0.3, 0.4) is 0 Å². The van der Waals surface area contributed by atoms with Gasteiger partial charge in [-0.25, -0.2) is 0 Å². The SMILES string of the molecule is CC(C)OCC(=O)Nc1cc(Cl)ccc1/C(N)=N/O. The van der Waals surface area contributed by atoms with Gasteiger partial charge in [0.2, 0.25) is 5.91 Å². The fourth-order valence-corrected chi connectivity index (χ4v) is 1.50. The molecule has 4 N–H and O–H groups in total. The Hall–Kier alpha value is -1.79. The fourth-order valence-electron chi connectivity index (χ4n) is 1.33. The fraction of sp³-hybridized carbons (Fsp3) is 0.333. The van der Waals surface area contributed by atoms with Gasteiger partial charge in [-0.15, -0.1) is 0 Å². The van der Waals surface area contributed by atoms with Gasteiger partial charge in [0.05, 0.1) is 11.8 Å². The van der Waals surface area contributed by atoms with Crippen molar-refractivity contribution in [1.29, 1.82) is 0 Å². The van der Waals surface area contributed by atoms with E-state index in [1.807, 2.05) is 13.8 Å². The maximum Gasteiger partial charge on any atom is 0.250 e. The highest BCUT2D eigenvalue weighted by atomic mass is 35.5. The maximum absolute atomic E-state index is 11.7. The van der Waals surface area contributed by atoms with Gasteiger partial charge in [-0.05, 0) is 32.0 Å². The Balaban J connectivity index is 2.87. The summed E-state index contributed by atoms with van der Waals surface area (Å²) in [5, 5.41) is 14.6. The molecule has 0 atom stereocenters. The zero-order valence-electron chi connectivity index (χ0n) is 10.7. The van der Waals surface area contributed by atoms with Gasteiger partial charge in [-0.2, -0.15) is 0 Å². The van der Waals surface area contributed by atoms with Crippen LogP contribution in [0.5, 0.6) is 0 Å². The molecule has 0 saturated carbocycles. The molecule has 1 aromatic carbocycles. The van der Waals surface area contributed by atoms with Crippen molar-refractivity contribution in [3.63, 3.8) is 0 Å². The third kappa shape index (κ3) is 4.76. The summed E-state index contributed by atoms with van der Waals surface area (Å²) in [4.78, 5) is 11.7. The molecule has 0 bridgehead atoms. The van der Waals surface area contributed by atoms with E-state index in [2.05, 4.69) is 10.5 Å². The number of carbonyl (C=O) groups excluding carboxylic acids is 1. The molecule has 7 heteroatoms. The molecule has 0 fully saturated rings. The minimum atomic E-state index is -0.344. The highest BCUT2D eigenvalue weighted by Crippen LogP contribution is 2.21. The summed E-state index contributed by atoms with van der Waals surface area (Å²) in [7, 11) is 0. The summed E-state index contributed by atoms with van der Waals surface area (Å²) >= 11 is 5.85. The number of amidine groups is 1. The topological polar surface area (TPSA) is 96.9 Å². The number of nitrogens with two attached hydrogens (primary N) is 1. The minimum absolute atomic E-state index is 0.0475. The van der Waals surface area contributed by atoms with Crippen molar-refractivity contribution in [1.82, 2.24) is 0 Å². The van der Waals surface area contributed by atoms with Crippen molar-refractivity contribution in [2.24, 2.45) is 10.9 Å². The average molecular weight is 286 g/mol. The number of rotatable bonds is 5. The summed E-state index contributed by atoms with van der Waals surface area (Å²) in [6.07, 6.45) is -0.0475. The molecule has 0 aliphatic rings. The molecule has 1 rings (SSSR count). The molecule has 0 aliphatic heterocycles. The van der Waals surface area contributed by atoms with Crippen LogP contribution in [0, 0.1) is 0 Å². The van der Waals surface area contributed by atoms with Gasteiger partial charge >= 0.3 is 0 Å². The molecule has 0 radical (unpaired) electrons. The number of halogens is 1. The van der Waals surface area contributed by atoms with E-state index in [0.717, 1.165) is 0 Å². The van der Waals surface area contributed by atoms with Gasteiger partial charge in [0.1, 0.15) is 6.61 Å². The van der Waals surface area contributed by atoms with Crippen LogP contribution >= 0.6 is 11.6 Å². The number of anilines is 1. The number of carbonyl (C=O) groups is 1. The van der Waals surface area contributed by atoms with E-state index in [-0.39, 0.29) is 24.5 Å². The highest BCUT2D eigenvalue weighted by molar-refractivity contribution is 6.31. The first-order valence-corrected chi connectivity index (χ1v) is 6.00. The van der Waals surface area contributed by atoms with Crippen molar-refractivity contribution >= 4 is 29.0 Å². The zero-order chi connectivity index (χ0) is 14.4. The average Bonchev–Trinajstić information content (AvgIpc) is 2.35. The number of amides is 1. The van der Waals surface area contributed by atoms with E-state index >= 15 is 0 Å². The Morgan fingerprint density at radius 2 is 2.26 bits per heavy atom. The van der Waals surface area contributed by atoms with Crippen LogP contribution in [0.4, 0.5) is 5.69 Å². The Morgan fingerprint density at radius 1 is 1.58 bits per heavy atom. The predicted molar refractivity (Wildman–Crippen MR) is 73.7 cm³/mol. The molecule has 6 nitrogen and oxygen atoms in total. The second kappa shape index (κ2) is 6.96. The molecule has 19 heavy (non-hydrogen) atoms. The Morgan fingerprint density at radius 3 is 2.84 bits per heavy atom. The van der Waals surface area contributed by atoms with Crippen molar-refractivity contribution in [3.05, 3.63) is 28.8 Å². The lowest BCUT2D eigenvalue weighted by Gasteiger charge is -2.12. The molecule has 1 amide bonds. The van der Waals surface area contributed by atoms with Crippen LogP contribution in [-0.4, -0.2) is 29.7 Å². The molecule has 0 saturated heterocycles. The first-order valence-electron chi connectivity index (χ1n) is 5.63. The Labute approximate surface area is 116 Å². The van der Waals surface area contributed by atoms with Crippen molar-refractivity contribution < 1.29 is 14.7 Å². The normalized spacial score (nSPS) is 11.7. The molecular weight excluding hydrogens is 270 g/mol. The monoisotopic (exact) mass is 285 g/mol. The lowest BCUT2D eigenvalue weighted by Crippen LogP contribution is -2.23. The van der Waals surface area contributed by atoms with E-state index in [9.17, 15) is 4.79 Å². The van der Waals surface area contributed by atoms with Gasteiger partial charge in [-0.1, -0.05) is 16.8 Å². The van der Waals surface area contributed by atoms with Crippen molar-refractivity contribution in [2.45, 2.75) is 20.0 Å². The summed E-state index contributed by atoms with van der Waals surface area (Å²) in [6, 6.07) is 4.65. The molecule has 0 aliphatic carbocycles. The van der Waals surface area contributed by atoms with Gasteiger partial charge in [0, 0.05) is 10.6 Å². The number of benzene rings is 1. The van der Waals surface area contributed by atoms with Crippen LogP contribution in [0.15, 0.2) is 23.4 Å². The third-order valence-corrected chi connectivity index (χ3v) is 2.42. The highest BCUT2D eigenvalue weighted by Gasteiger charge is 2.11. The number of nitrogens with one attached hydrogen (secondary N) is 1. The van der Waals surface area contributed by atoms with E-state index < -0.39 is 0 Å². The summed E-state index contributed by atoms with van der Waals surface area (Å²) in [6.45, 7) is 3.57. The van der Waals surface area contributed by atoms with E-state index in [1.54, 1.807) is 12.1 Å². The van der Waals surface area contributed by atoms with Gasteiger partial charge in [0.25, 0.3) is 0 Å². The van der Waals surface area contributed by atoms with Crippen molar-refractivity contribution in [2.75, 3.05) is 11.9 Å². The lowest BCUT2D eigenvalue weighted by molar-refractivity contribution is -0.121. The van der Waals surface area contributed by atoms with Gasteiger partial charge in [-0.3, -0.25) is 4.79 Å². The lowest BCUT2D eigenvalue weighted by atomic mass is 10.1. The van der Waals surface area contributed by atoms with Crippen LogP contribution in [0.1, 0.15) is 19.4 Å². The quantitative estimate of drug-likeness (QED) is 0.332. The molecule has 104 valence electrons. The first kappa shape index (κ1) is 15.3. The molecule has 1 aromatic rings. The minimum Gasteiger partial charge on any atom is -0.409 e. The smallest absolute Gasteiger partial charge is 0.250 e. The molecule has 0 spiro atoms. The van der Waals surface area contributed by atoms with Crippen molar-refractivity contribution in [3.8, 4) is 0 Å². The van der Waals surface area contributed by atoms with E-state index in [1.165, 1.54) is 6.07 Å². The summed E-state index contributed by atoms with van der Waals surface area (Å²) in [5.41, 5.74) is 6.26. The number of hydrogen-bond donors (Lipinski definition) is 3. The van der Waals surface area contributed by atoms with Crippen LogP contribution in [0.25, 0.3) is 0 Å². The first-order chi connectivity index (χ1) is 8.93. The zero-order valence-corrected chi connectivity index (χ0v) is 11.4. The second-order valence-electron chi connectivity index (χ2n) is 4.08. The standard InChI is InChI=1S/C12H16ClN3O3/c1-7(2)19-6-11(17)15-10-5-8(13)3-4-9(10)12(14)16-18/h3-5,7,18H,6H2,1-2H3,(H2,14,16)(H,15,17). The summed E-state index contributed by atoms with van der Waals surface area (Å²) in [5.74, 6) is -0.459.